The highest BCUT2D eigenvalue weighted by atomic mass is 35.5. The van der Waals surface area contributed by atoms with Gasteiger partial charge in [0.1, 0.15) is 0 Å². The van der Waals surface area contributed by atoms with Gasteiger partial charge in [0.25, 0.3) is 0 Å². The second kappa shape index (κ2) is 9.08. The van der Waals surface area contributed by atoms with E-state index in [-0.39, 0.29) is 29.3 Å². The zero-order chi connectivity index (χ0) is 23.9. The number of hydrogen-bond donors (Lipinski definition) is 1. The van der Waals surface area contributed by atoms with Crippen LogP contribution < -0.4 is 10.2 Å². The molecule has 0 bridgehead atoms. The van der Waals surface area contributed by atoms with E-state index in [9.17, 15) is 18.0 Å². The molecule has 1 N–H and O–H groups in total. The molecule has 2 aromatic carbocycles. The number of nitrogens with one attached hydrogen (secondary N) is 1. The summed E-state index contributed by atoms with van der Waals surface area (Å²) < 4.78 is 27.3. The number of nitrogens with zero attached hydrogens (tertiary/aromatic N) is 2. The number of likely N-dealkylation sites (N-methyl/N-ethyl adjacent to an activating group) is 1. The Morgan fingerprint density at radius 1 is 1.18 bits per heavy atom. The van der Waals surface area contributed by atoms with Gasteiger partial charge in [-0.05, 0) is 80.6 Å². The average molecular weight is 490 g/mol. The first-order valence-corrected chi connectivity index (χ1v) is 12.9. The van der Waals surface area contributed by atoms with Crippen LogP contribution in [0.25, 0.3) is 0 Å². The first-order valence-electron chi connectivity index (χ1n) is 11.1. The van der Waals surface area contributed by atoms with Crippen molar-refractivity contribution in [1.82, 2.24) is 4.31 Å². The molecule has 1 heterocycles. The van der Waals surface area contributed by atoms with Crippen molar-refractivity contribution in [2.75, 3.05) is 23.8 Å². The van der Waals surface area contributed by atoms with Crippen LogP contribution in [0.5, 0.6) is 0 Å². The van der Waals surface area contributed by atoms with Crippen molar-refractivity contribution in [2.45, 2.75) is 50.5 Å². The Morgan fingerprint density at radius 2 is 1.91 bits per heavy atom. The zero-order valence-electron chi connectivity index (χ0n) is 19.0. The molecule has 176 valence electrons. The highest BCUT2D eigenvalue weighted by Gasteiger charge is 2.37. The van der Waals surface area contributed by atoms with E-state index in [2.05, 4.69) is 5.32 Å². The van der Waals surface area contributed by atoms with E-state index in [1.165, 1.54) is 13.1 Å². The molecule has 1 aliphatic heterocycles. The third kappa shape index (κ3) is 4.65. The van der Waals surface area contributed by atoms with Crippen LogP contribution in [-0.4, -0.2) is 44.2 Å². The summed E-state index contributed by atoms with van der Waals surface area (Å²) in [6.45, 7) is 3.47. The predicted molar refractivity (Wildman–Crippen MR) is 129 cm³/mol. The van der Waals surface area contributed by atoms with Gasteiger partial charge in [-0.3, -0.25) is 9.59 Å². The van der Waals surface area contributed by atoms with Crippen molar-refractivity contribution in [3.8, 4) is 0 Å². The molecule has 9 heteroatoms. The van der Waals surface area contributed by atoms with Gasteiger partial charge in [-0.15, -0.1) is 0 Å². The maximum Gasteiger partial charge on any atom is 0.243 e. The van der Waals surface area contributed by atoms with Crippen molar-refractivity contribution in [1.29, 1.82) is 0 Å². The number of halogens is 1. The summed E-state index contributed by atoms with van der Waals surface area (Å²) in [6.07, 6.45) is 3.54. The Kier molecular flexibility index (Phi) is 6.53. The molecule has 1 saturated carbocycles. The second-order valence-electron chi connectivity index (χ2n) is 8.95. The maximum atomic E-state index is 13.1. The Balaban J connectivity index is 1.48. The molecule has 0 radical (unpaired) electrons. The van der Waals surface area contributed by atoms with Gasteiger partial charge in [0, 0.05) is 35.4 Å². The molecule has 1 aliphatic carbocycles. The molecule has 2 aromatic rings. The number of sulfonamides is 1. The van der Waals surface area contributed by atoms with Gasteiger partial charge < -0.3 is 10.2 Å². The average Bonchev–Trinajstić information content (AvgIpc) is 3.03. The molecular formula is C24H28ClN3O4S. The molecule has 0 saturated heterocycles. The van der Waals surface area contributed by atoms with Gasteiger partial charge in [-0.2, -0.15) is 4.31 Å². The van der Waals surface area contributed by atoms with Gasteiger partial charge in [0.15, 0.2) is 0 Å². The van der Waals surface area contributed by atoms with Crippen LogP contribution in [0, 0.1) is 12.8 Å². The summed E-state index contributed by atoms with van der Waals surface area (Å²) >= 11 is 5.94. The second-order valence-corrected chi connectivity index (χ2v) is 11.4. The van der Waals surface area contributed by atoms with Gasteiger partial charge in [0.05, 0.1) is 11.4 Å². The molecule has 2 aliphatic rings. The molecule has 2 amide bonds. The SMILES string of the molecule is Cc1cc(Cl)ccc1NC(=O)CN(C)S(=O)(=O)c1ccc2c(c1)C[C@@H](C)N2C(=O)C1CCC1. The molecule has 4 rings (SSSR count). The molecule has 0 unspecified atom stereocenters. The molecule has 33 heavy (non-hydrogen) atoms. The third-order valence-corrected chi connectivity index (χ3v) is 8.53. The quantitative estimate of drug-likeness (QED) is 0.664. The smallest absolute Gasteiger partial charge is 0.243 e. The van der Waals surface area contributed by atoms with E-state index in [0.717, 1.165) is 40.4 Å². The highest BCUT2D eigenvalue weighted by Crippen LogP contribution is 2.38. The van der Waals surface area contributed by atoms with Crippen molar-refractivity contribution in [3.05, 3.63) is 52.5 Å². The topological polar surface area (TPSA) is 86.8 Å². The number of anilines is 2. The largest absolute Gasteiger partial charge is 0.325 e. The molecule has 0 aromatic heterocycles. The van der Waals surface area contributed by atoms with E-state index in [1.807, 2.05) is 18.7 Å². The number of fused-ring (bicyclic) bond motifs is 1. The maximum absolute atomic E-state index is 13.1. The summed E-state index contributed by atoms with van der Waals surface area (Å²) in [6, 6.07) is 9.93. The Labute approximate surface area is 199 Å². The Morgan fingerprint density at radius 3 is 2.55 bits per heavy atom. The van der Waals surface area contributed by atoms with Crippen molar-refractivity contribution in [3.63, 3.8) is 0 Å². The first kappa shape index (κ1) is 23.7. The minimum atomic E-state index is -3.88. The number of rotatable bonds is 6. The predicted octanol–water partition coefficient (Wildman–Crippen LogP) is 3.99. The van der Waals surface area contributed by atoms with Crippen molar-refractivity contribution in [2.24, 2.45) is 5.92 Å². The molecule has 1 fully saturated rings. The summed E-state index contributed by atoms with van der Waals surface area (Å²) in [7, 11) is -2.50. The van der Waals surface area contributed by atoms with E-state index in [4.69, 9.17) is 11.6 Å². The number of carbonyl (C=O) groups excluding carboxylic acids is 2. The van der Waals surface area contributed by atoms with E-state index >= 15 is 0 Å². The van der Waals surface area contributed by atoms with Crippen LogP contribution in [0.15, 0.2) is 41.3 Å². The Hall–Kier alpha value is -2.42. The standard InChI is InChI=1S/C24H28ClN3O4S/c1-15-11-19(25)7-9-21(15)26-23(29)14-27(3)33(31,32)20-8-10-22-18(13-20)12-16(2)28(22)24(30)17-5-4-6-17/h7-11,13,16-17H,4-6,12,14H2,1-3H3,(H,26,29)/t16-/m1/s1. The first-order chi connectivity index (χ1) is 15.6. The van der Waals surface area contributed by atoms with Crippen LogP contribution in [0.1, 0.15) is 37.3 Å². The zero-order valence-corrected chi connectivity index (χ0v) is 20.5. The summed E-state index contributed by atoms with van der Waals surface area (Å²) in [5, 5.41) is 3.29. The van der Waals surface area contributed by atoms with Crippen LogP contribution in [0.2, 0.25) is 5.02 Å². The summed E-state index contributed by atoms with van der Waals surface area (Å²) in [5.74, 6) is -0.233. The van der Waals surface area contributed by atoms with Crippen LogP contribution >= 0.6 is 11.6 Å². The minimum absolute atomic E-state index is 0.00261. The van der Waals surface area contributed by atoms with Gasteiger partial charge in [-0.1, -0.05) is 18.0 Å². The summed E-state index contributed by atoms with van der Waals surface area (Å²) in [5.41, 5.74) is 3.00. The van der Waals surface area contributed by atoms with Crippen LogP contribution in [0.3, 0.4) is 0 Å². The highest BCUT2D eigenvalue weighted by molar-refractivity contribution is 7.89. The molecule has 1 atom stereocenters. The molecule has 7 nitrogen and oxygen atoms in total. The third-order valence-electron chi connectivity index (χ3n) is 6.50. The van der Waals surface area contributed by atoms with Crippen LogP contribution in [-0.2, 0) is 26.0 Å². The number of amides is 2. The number of aryl methyl sites for hydroxylation is 1. The van der Waals surface area contributed by atoms with E-state index in [0.29, 0.717) is 17.1 Å². The lowest BCUT2D eigenvalue weighted by atomic mass is 9.84. The molecular weight excluding hydrogens is 462 g/mol. The normalized spacial score (nSPS) is 18.2. The van der Waals surface area contributed by atoms with E-state index in [1.54, 1.807) is 30.3 Å². The van der Waals surface area contributed by atoms with E-state index < -0.39 is 15.9 Å². The van der Waals surface area contributed by atoms with Crippen molar-refractivity contribution < 1.29 is 18.0 Å². The summed E-state index contributed by atoms with van der Waals surface area (Å²) in [4.78, 5) is 27.3. The fourth-order valence-electron chi connectivity index (χ4n) is 4.38. The minimum Gasteiger partial charge on any atom is -0.325 e. The lowest BCUT2D eigenvalue weighted by Crippen LogP contribution is -2.42. The fraction of sp³-hybridized carbons (Fsp3) is 0.417. The van der Waals surface area contributed by atoms with Gasteiger partial charge >= 0.3 is 0 Å². The monoisotopic (exact) mass is 489 g/mol. The number of carbonyl (C=O) groups is 2. The fourth-order valence-corrected chi connectivity index (χ4v) is 5.78. The molecule has 0 spiro atoms. The number of benzene rings is 2. The van der Waals surface area contributed by atoms with Crippen LogP contribution in [0.4, 0.5) is 11.4 Å². The Bertz CT molecular complexity index is 1210. The van der Waals surface area contributed by atoms with Gasteiger partial charge in [-0.25, -0.2) is 8.42 Å². The lowest BCUT2D eigenvalue weighted by Gasteiger charge is -2.32. The van der Waals surface area contributed by atoms with Crippen molar-refractivity contribution >= 4 is 44.8 Å². The lowest BCUT2D eigenvalue weighted by molar-refractivity contribution is -0.125. The number of hydrogen-bond acceptors (Lipinski definition) is 4. The van der Waals surface area contributed by atoms with Gasteiger partial charge in [0.2, 0.25) is 21.8 Å².